The Morgan fingerprint density at radius 1 is 1.02 bits per heavy atom. The molecule has 4 heterocycles. The summed E-state index contributed by atoms with van der Waals surface area (Å²) in [5, 5.41) is 9.27. The van der Waals surface area contributed by atoms with Gasteiger partial charge in [-0.25, -0.2) is 0 Å². The molecule has 4 aliphatic heterocycles. The lowest BCUT2D eigenvalue weighted by Gasteiger charge is -2.41. The van der Waals surface area contributed by atoms with E-state index in [0.717, 1.165) is 57.3 Å². The van der Waals surface area contributed by atoms with Crippen LogP contribution in [0.25, 0.3) is 0 Å². The summed E-state index contributed by atoms with van der Waals surface area (Å²) in [6.45, 7) is 16.3. The maximum absolute atomic E-state index is 14.8. The van der Waals surface area contributed by atoms with Crippen LogP contribution >= 0.6 is 11.8 Å². The zero-order valence-corrected chi connectivity index (χ0v) is 28.2. The van der Waals surface area contributed by atoms with Gasteiger partial charge in [-0.1, -0.05) is 62.2 Å². The summed E-state index contributed by atoms with van der Waals surface area (Å²) >= 11 is 1.74. The van der Waals surface area contributed by atoms with Gasteiger partial charge in [-0.3, -0.25) is 19.3 Å². The number of carbonyl (C=O) groups is 3. The molecule has 4 saturated heterocycles. The quantitative estimate of drug-likeness (QED) is 0.204. The first-order valence-electron chi connectivity index (χ1n) is 17.1. The van der Waals surface area contributed by atoms with Gasteiger partial charge in [0.25, 0.3) is 0 Å². The minimum Gasteiger partial charge on any atom is -0.396 e. The van der Waals surface area contributed by atoms with Gasteiger partial charge in [0.1, 0.15) is 6.04 Å². The van der Waals surface area contributed by atoms with E-state index in [9.17, 15) is 19.5 Å². The molecule has 0 radical (unpaired) electrons. The molecular weight excluding hydrogens is 600 g/mol. The van der Waals surface area contributed by atoms with Crippen LogP contribution in [-0.4, -0.2) is 124 Å². The lowest BCUT2D eigenvalue weighted by atomic mass is 9.65. The van der Waals surface area contributed by atoms with E-state index in [1.54, 1.807) is 23.9 Å². The highest BCUT2D eigenvalue weighted by molar-refractivity contribution is 8.02. The third-order valence-electron chi connectivity index (χ3n) is 10.4. The number of aliphatic hydroxyl groups excluding tert-OH is 1. The molecule has 6 atom stereocenters. The van der Waals surface area contributed by atoms with Gasteiger partial charge in [0.05, 0.1) is 29.8 Å². The Morgan fingerprint density at radius 2 is 1.72 bits per heavy atom. The van der Waals surface area contributed by atoms with Crippen molar-refractivity contribution in [2.75, 3.05) is 65.6 Å². The predicted molar refractivity (Wildman–Crippen MR) is 182 cm³/mol. The first-order valence-corrected chi connectivity index (χ1v) is 18.0. The second-order valence-corrected chi connectivity index (χ2v) is 14.8. The average molecular weight is 653 g/mol. The lowest BCUT2D eigenvalue weighted by molar-refractivity contribution is -0.145. The molecule has 9 nitrogen and oxygen atoms in total. The number of carbonyl (C=O) groups excluding carboxylic acids is 3. The summed E-state index contributed by atoms with van der Waals surface area (Å²) in [4.78, 5) is 51.8. The van der Waals surface area contributed by atoms with Crippen molar-refractivity contribution in [3.8, 4) is 0 Å². The third-order valence-corrected chi connectivity index (χ3v) is 12.5. The van der Waals surface area contributed by atoms with Gasteiger partial charge >= 0.3 is 0 Å². The predicted octanol–water partition coefficient (Wildman–Crippen LogP) is 3.44. The maximum Gasteiger partial charge on any atom is 0.247 e. The van der Waals surface area contributed by atoms with Crippen molar-refractivity contribution in [2.45, 2.75) is 61.6 Å². The van der Waals surface area contributed by atoms with Gasteiger partial charge in [-0.15, -0.1) is 24.9 Å². The molecule has 252 valence electrons. The Bertz CT molecular complexity index is 1230. The van der Waals surface area contributed by atoms with Crippen molar-refractivity contribution in [2.24, 2.45) is 17.8 Å². The largest absolute Gasteiger partial charge is 0.396 e. The first kappa shape index (κ1) is 34.7. The van der Waals surface area contributed by atoms with Crippen molar-refractivity contribution in [3.05, 3.63) is 61.2 Å². The van der Waals surface area contributed by atoms with Crippen molar-refractivity contribution >= 4 is 29.5 Å². The molecule has 1 N–H and O–H groups in total. The summed E-state index contributed by atoms with van der Waals surface area (Å²) in [6, 6.07) is 9.31. The smallest absolute Gasteiger partial charge is 0.247 e. The lowest BCUT2D eigenvalue weighted by Crippen LogP contribution is -2.58. The van der Waals surface area contributed by atoms with Crippen LogP contribution < -0.4 is 0 Å². The number of hydrogen-bond acceptors (Lipinski definition) is 7. The van der Waals surface area contributed by atoms with E-state index in [1.807, 2.05) is 45.0 Å². The van der Waals surface area contributed by atoms with E-state index in [-0.39, 0.29) is 35.5 Å². The number of thioether (sulfide) groups is 1. The fraction of sp³-hybridized carbons (Fsp3) is 0.639. The van der Waals surface area contributed by atoms with Gasteiger partial charge in [0, 0.05) is 64.2 Å². The maximum atomic E-state index is 14.8. The topological polar surface area (TPSA) is 93.6 Å². The molecule has 3 amide bonds. The van der Waals surface area contributed by atoms with Crippen LogP contribution in [0.1, 0.15) is 44.6 Å². The fourth-order valence-electron chi connectivity index (χ4n) is 8.18. The summed E-state index contributed by atoms with van der Waals surface area (Å²) in [6.07, 6.45) is 7.55. The number of aliphatic hydroxyl groups is 1. The summed E-state index contributed by atoms with van der Waals surface area (Å²) in [5.74, 6) is -1.00. The third kappa shape index (κ3) is 6.96. The molecule has 4 fully saturated rings. The number of rotatable bonds is 17. The SMILES string of the molecule is C=CCN(CCN1CCOCC1)C(=O)C1N(CCCCCCO)C(=O)[C@@H]2[C@@H](C(=O)N(CC=C)Cc3ccccc3)[C@H]3CC(C)C12S3. The molecular formula is C36H52N4O5S. The van der Waals surface area contributed by atoms with E-state index in [0.29, 0.717) is 45.9 Å². The minimum absolute atomic E-state index is 0.0113. The van der Waals surface area contributed by atoms with Crippen molar-refractivity contribution in [3.63, 3.8) is 0 Å². The van der Waals surface area contributed by atoms with Crippen molar-refractivity contribution in [1.29, 1.82) is 0 Å². The number of morpholine rings is 1. The Labute approximate surface area is 279 Å². The van der Waals surface area contributed by atoms with E-state index in [2.05, 4.69) is 25.0 Å². The molecule has 2 bridgehead atoms. The summed E-state index contributed by atoms with van der Waals surface area (Å²) in [5.41, 5.74) is 1.03. The summed E-state index contributed by atoms with van der Waals surface area (Å²) in [7, 11) is 0. The van der Waals surface area contributed by atoms with Gasteiger partial charge in [0.15, 0.2) is 0 Å². The molecule has 5 rings (SSSR count). The molecule has 4 aliphatic rings. The second-order valence-electron chi connectivity index (χ2n) is 13.2. The highest BCUT2D eigenvalue weighted by Crippen LogP contribution is 2.69. The first-order chi connectivity index (χ1) is 22.4. The number of likely N-dealkylation sites (tertiary alicyclic amines) is 1. The van der Waals surface area contributed by atoms with E-state index >= 15 is 0 Å². The van der Waals surface area contributed by atoms with E-state index in [4.69, 9.17) is 4.74 Å². The van der Waals surface area contributed by atoms with Crippen LogP contribution in [0.2, 0.25) is 0 Å². The zero-order chi connectivity index (χ0) is 32.7. The molecule has 0 saturated carbocycles. The Hall–Kier alpha value is -2.66. The number of amides is 3. The fourth-order valence-corrected chi connectivity index (χ4v) is 10.6. The standard InChI is InChI=1S/C36H52N4O5S/c1-4-15-38(19-18-37-20-23-45-24-21-37)35(44)32-36-27(3)25-29(46-36)30(31(36)34(43)40(32)17-11-6-7-12-22-41)33(42)39(16-5-2)26-28-13-9-8-10-14-28/h4-5,8-10,13-14,27,29-32,41H,1-2,6-7,11-12,15-26H2,3H3/t27?,29-,30+,31+,32?,36?/m1/s1. The molecule has 0 aliphatic carbocycles. The molecule has 1 aromatic carbocycles. The molecule has 10 heteroatoms. The number of ether oxygens (including phenoxy) is 1. The van der Waals surface area contributed by atoms with Gasteiger partial charge in [-0.2, -0.15) is 0 Å². The van der Waals surface area contributed by atoms with Crippen LogP contribution in [0.15, 0.2) is 55.6 Å². The molecule has 1 spiro atoms. The molecule has 3 unspecified atom stereocenters. The number of nitrogens with zero attached hydrogens (tertiary/aromatic N) is 4. The van der Waals surface area contributed by atoms with Crippen molar-refractivity contribution < 1.29 is 24.2 Å². The number of fused-ring (bicyclic) bond motifs is 1. The zero-order valence-electron chi connectivity index (χ0n) is 27.4. The van der Waals surface area contributed by atoms with Crippen LogP contribution in [0.5, 0.6) is 0 Å². The molecule has 1 aromatic rings. The number of unbranched alkanes of at least 4 members (excludes halogenated alkanes) is 3. The van der Waals surface area contributed by atoms with Gasteiger partial charge in [0.2, 0.25) is 17.7 Å². The number of benzene rings is 1. The molecule has 46 heavy (non-hydrogen) atoms. The Kier molecular flexibility index (Phi) is 12.0. The average Bonchev–Trinajstić information content (AvgIpc) is 3.66. The summed E-state index contributed by atoms with van der Waals surface area (Å²) < 4.78 is 4.86. The number of hydrogen-bond donors (Lipinski definition) is 1. The van der Waals surface area contributed by atoms with Crippen LogP contribution in [0.4, 0.5) is 0 Å². The van der Waals surface area contributed by atoms with Crippen LogP contribution in [0, 0.1) is 17.8 Å². The Morgan fingerprint density at radius 3 is 2.41 bits per heavy atom. The van der Waals surface area contributed by atoms with E-state index in [1.165, 1.54) is 0 Å². The van der Waals surface area contributed by atoms with E-state index < -0.39 is 22.6 Å². The Balaban J connectivity index is 1.45. The van der Waals surface area contributed by atoms with Gasteiger partial charge in [-0.05, 0) is 30.7 Å². The minimum atomic E-state index is -0.658. The van der Waals surface area contributed by atoms with Crippen LogP contribution in [-0.2, 0) is 25.7 Å². The highest BCUT2D eigenvalue weighted by Gasteiger charge is 2.76. The van der Waals surface area contributed by atoms with Gasteiger partial charge < -0.3 is 24.5 Å². The monoisotopic (exact) mass is 652 g/mol. The highest BCUT2D eigenvalue weighted by atomic mass is 32.2. The normalized spacial score (nSPS) is 28.7. The van der Waals surface area contributed by atoms with Crippen LogP contribution in [0.3, 0.4) is 0 Å². The van der Waals surface area contributed by atoms with Crippen molar-refractivity contribution in [1.82, 2.24) is 19.6 Å². The molecule has 0 aromatic heterocycles. The second kappa shape index (κ2) is 16.0.